The number of amides is 2. The van der Waals surface area contributed by atoms with Crippen LogP contribution in [0.4, 0.5) is 0 Å². The van der Waals surface area contributed by atoms with E-state index in [2.05, 4.69) is 15.6 Å². The van der Waals surface area contributed by atoms with Crippen molar-refractivity contribution < 1.29 is 9.59 Å². The fourth-order valence-corrected chi connectivity index (χ4v) is 1.39. The molecule has 1 aromatic rings. The Labute approximate surface area is 111 Å². The van der Waals surface area contributed by atoms with Gasteiger partial charge in [-0.15, -0.1) is 0 Å². The monoisotopic (exact) mass is 265 g/mol. The molecule has 0 spiro atoms. The summed E-state index contributed by atoms with van der Waals surface area (Å²) in [5.74, 6) is -0.343. The van der Waals surface area contributed by atoms with Gasteiger partial charge in [-0.1, -0.05) is 13.8 Å². The largest absolute Gasteiger partial charge is 0.354 e. The highest BCUT2D eigenvalue weighted by Gasteiger charge is 2.16. The Kier molecular flexibility index (Phi) is 5.29. The zero-order valence-corrected chi connectivity index (χ0v) is 11.3. The second kappa shape index (κ2) is 6.72. The molecule has 0 fully saturated rings. The zero-order valence-electron chi connectivity index (χ0n) is 11.3. The van der Waals surface area contributed by atoms with Gasteiger partial charge in [-0.3, -0.25) is 14.4 Å². The van der Waals surface area contributed by atoms with E-state index in [0.717, 1.165) is 0 Å². The molecule has 0 aliphatic rings. The molecule has 0 radical (unpaired) electrons. The SMILES string of the molecule is CC(C)CNC(=O)C(C)NC(=O)c1cc[nH]c(=O)c1. The summed E-state index contributed by atoms with van der Waals surface area (Å²) in [4.78, 5) is 37.0. The summed E-state index contributed by atoms with van der Waals surface area (Å²) < 4.78 is 0. The number of carbonyl (C=O) groups is 2. The first kappa shape index (κ1) is 14.9. The van der Waals surface area contributed by atoms with Crippen LogP contribution in [0.5, 0.6) is 0 Å². The molecule has 104 valence electrons. The summed E-state index contributed by atoms with van der Waals surface area (Å²) in [5.41, 5.74) is -0.128. The van der Waals surface area contributed by atoms with E-state index in [1.54, 1.807) is 6.92 Å². The van der Waals surface area contributed by atoms with Gasteiger partial charge in [0.2, 0.25) is 11.5 Å². The van der Waals surface area contributed by atoms with Gasteiger partial charge in [0, 0.05) is 24.4 Å². The number of nitrogens with one attached hydrogen (secondary N) is 3. The quantitative estimate of drug-likeness (QED) is 0.713. The van der Waals surface area contributed by atoms with Crippen molar-refractivity contribution in [3.63, 3.8) is 0 Å². The minimum atomic E-state index is -0.648. The molecule has 6 heteroatoms. The van der Waals surface area contributed by atoms with Crippen LogP contribution in [-0.2, 0) is 4.79 Å². The summed E-state index contributed by atoms with van der Waals surface area (Å²) in [6.07, 6.45) is 1.39. The van der Waals surface area contributed by atoms with Crippen molar-refractivity contribution in [3.8, 4) is 0 Å². The van der Waals surface area contributed by atoms with Gasteiger partial charge in [-0.2, -0.15) is 0 Å². The molecule has 1 aromatic heterocycles. The molecule has 1 unspecified atom stereocenters. The molecule has 1 heterocycles. The molecule has 0 saturated carbocycles. The predicted octanol–water partition coefficient (Wildman–Crippen LogP) is 0.265. The molecule has 0 aliphatic carbocycles. The van der Waals surface area contributed by atoms with E-state index in [9.17, 15) is 14.4 Å². The van der Waals surface area contributed by atoms with Gasteiger partial charge >= 0.3 is 0 Å². The third kappa shape index (κ3) is 4.95. The molecule has 1 rings (SSSR count). The Hall–Kier alpha value is -2.11. The molecular formula is C13H19N3O3. The van der Waals surface area contributed by atoms with Crippen molar-refractivity contribution in [1.82, 2.24) is 15.6 Å². The zero-order chi connectivity index (χ0) is 14.4. The lowest BCUT2D eigenvalue weighted by Gasteiger charge is -2.15. The number of hydrogen-bond acceptors (Lipinski definition) is 3. The molecule has 0 saturated heterocycles. The highest BCUT2D eigenvalue weighted by Crippen LogP contribution is 1.95. The first-order valence-corrected chi connectivity index (χ1v) is 6.17. The second-order valence-corrected chi connectivity index (χ2v) is 4.78. The number of hydrogen-bond donors (Lipinski definition) is 3. The molecular weight excluding hydrogens is 246 g/mol. The Morgan fingerprint density at radius 1 is 1.32 bits per heavy atom. The molecule has 3 N–H and O–H groups in total. The van der Waals surface area contributed by atoms with Gasteiger partial charge in [0.1, 0.15) is 6.04 Å². The lowest BCUT2D eigenvalue weighted by molar-refractivity contribution is -0.122. The van der Waals surface area contributed by atoms with Gasteiger partial charge < -0.3 is 15.6 Å². The highest BCUT2D eigenvalue weighted by molar-refractivity contribution is 5.97. The Morgan fingerprint density at radius 2 is 2.00 bits per heavy atom. The second-order valence-electron chi connectivity index (χ2n) is 4.78. The van der Waals surface area contributed by atoms with Crippen molar-refractivity contribution in [2.45, 2.75) is 26.8 Å². The van der Waals surface area contributed by atoms with E-state index in [-0.39, 0.29) is 17.0 Å². The molecule has 0 aliphatic heterocycles. The van der Waals surface area contributed by atoms with E-state index in [1.807, 2.05) is 13.8 Å². The van der Waals surface area contributed by atoms with Crippen LogP contribution in [0.15, 0.2) is 23.1 Å². The average molecular weight is 265 g/mol. The number of H-pyrrole nitrogens is 1. The Bertz CT molecular complexity index is 508. The topological polar surface area (TPSA) is 91.1 Å². The van der Waals surface area contributed by atoms with Crippen LogP contribution in [0.25, 0.3) is 0 Å². The fourth-order valence-electron chi connectivity index (χ4n) is 1.39. The van der Waals surface area contributed by atoms with Crippen molar-refractivity contribution >= 4 is 11.8 Å². The molecule has 1 atom stereocenters. The number of rotatable bonds is 5. The summed E-state index contributed by atoms with van der Waals surface area (Å²) in [6.45, 7) is 6.13. The number of aromatic nitrogens is 1. The maximum Gasteiger partial charge on any atom is 0.252 e. The summed E-state index contributed by atoms with van der Waals surface area (Å²) >= 11 is 0. The van der Waals surface area contributed by atoms with Crippen LogP contribution < -0.4 is 16.2 Å². The van der Waals surface area contributed by atoms with Gasteiger partial charge in [-0.05, 0) is 18.9 Å². The molecule has 6 nitrogen and oxygen atoms in total. The molecule has 19 heavy (non-hydrogen) atoms. The first-order valence-electron chi connectivity index (χ1n) is 6.17. The van der Waals surface area contributed by atoms with Crippen molar-refractivity contribution in [1.29, 1.82) is 0 Å². The smallest absolute Gasteiger partial charge is 0.252 e. The number of aromatic amines is 1. The van der Waals surface area contributed by atoms with Gasteiger partial charge in [0.25, 0.3) is 5.91 Å². The lowest BCUT2D eigenvalue weighted by Crippen LogP contribution is -2.45. The van der Waals surface area contributed by atoms with Crippen LogP contribution in [-0.4, -0.2) is 29.4 Å². The molecule has 2 amide bonds. The fraction of sp³-hybridized carbons (Fsp3) is 0.462. The van der Waals surface area contributed by atoms with Gasteiger partial charge in [-0.25, -0.2) is 0 Å². The Balaban J connectivity index is 2.57. The first-order chi connectivity index (χ1) is 8.90. The molecule has 0 aromatic carbocycles. The van der Waals surface area contributed by atoms with Crippen LogP contribution in [0.3, 0.4) is 0 Å². The van der Waals surface area contributed by atoms with Crippen LogP contribution in [0.1, 0.15) is 31.1 Å². The lowest BCUT2D eigenvalue weighted by atomic mass is 10.2. The van der Waals surface area contributed by atoms with Gasteiger partial charge in [0.05, 0.1) is 0 Å². The van der Waals surface area contributed by atoms with E-state index >= 15 is 0 Å². The van der Waals surface area contributed by atoms with Crippen LogP contribution >= 0.6 is 0 Å². The predicted molar refractivity (Wildman–Crippen MR) is 71.8 cm³/mol. The van der Waals surface area contributed by atoms with E-state index in [4.69, 9.17) is 0 Å². The minimum Gasteiger partial charge on any atom is -0.354 e. The van der Waals surface area contributed by atoms with Crippen LogP contribution in [0, 0.1) is 5.92 Å². The average Bonchev–Trinajstić information content (AvgIpc) is 2.35. The summed E-state index contributed by atoms with van der Waals surface area (Å²) in [7, 11) is 0. The standard InChI is InChI=1S/C13H19N3O3/c1-8(2)7-15-12(18)9(3)16-13(19)10-4-5-14-11(17)6-10/h4-6,8-9H,7H2,1-3H3,(H,14,17)(H,15,18)(H,16,19). The minimum absolute atomic E-state index is 0.229. The van der Waals surface area contributed by atoms with E-state index in [1.165, 1.54) is 18.3 Å². The number of carbonyl (C=O) groups excluding carboxylic acids is 2. The maximum absolute atomic E-state index is 11.8. The van der Waals surface area contributed by atoms with E-state index in [0.29, 0.717) is 12.5 Å². The van der Waals surface area contributed by atoms with Crippen molar-refractivity contribution in [2.24, 2.45) is 5.92 Å². The van der Waals surface area contributed by atoms with E-state index < -0.39 is 11.9 Å². The normalized spacial score (nSPS) is 12.0. The van der Waals surface area contributed by atoms with Crippen molar-refractivity contribution in [3.05, 3.63) is 34.2 Å². The van der Waals surface area contributed by atoms with Gasteiger partial charge in [0.15, 0.2) is 0 Å². The third-order valence-corrected chi connectivity index (χ3v) is 2.46. The molecule has 0 bridgehead atoms. The summed E-state index contributed by atoms with van der Waals surface area (Å²) in [6, 6.07) is 2.02. The Morgan fingerprint density at radius 3 is 2.58 bits per heavy atom. The van der Waals surface area contributed by atoms with Crippen molar-refractivity contribution in [2.75, 3.05) is 6.54 Å². The summed E-state index contributed by atoms with van der Waals surface area (Å²) in [5, 5.41) is 5.27. The third-order valence-electron chi connectivity index (χ3n) is 2.46. The highest BCUT2D eigenvalue weighted by atomic mass is 16.2. The van der Waals surface area contributed by atoms with Crippen LogP contribution in [0.2, 0.25) is 0 Å². The maximum atomic E-state index is 11.8. The number of pyridine rings is 1.